The van der Waals surface area contributed by atoms with Crippen LogP contribution in [0.1, 0.15) is 42.5 Å². The maximum absolute atomic E-state index is 13.0. The first-order valence-corrected chi connectivity index (χ1v) is 10.3. The Bertz CT molecular complexity index is 828. The number of rotatable bonds is 5. The van der Waals surface area contributed by atoms with Crippen molar-refractivity contribution in [2.75, 3.05) is 26.3 Å². The Balaban J connectivity index is 1.26. The van der Waals surface area contributed by atoms with Gasteiger partial charge < -0.3 is 14.4 Å². The van der Waals surface area contributed by atoms with E-state index in [4.69, 9.17) is 9.47 Å². The molecule has 1 atom stereocenters. The number of carbonyl (C=O) groups is 1. The molecule has 7 heteroatoms. The lowest BCUT2D eigenvalue weighted by atomic mass is 9.78. The van der Waals surface area contributed by atoms with Crippen LogP contribution < -0.4 is 4.74 Å². The van der Waals surface area contributed by atoms with E-state index in [0.717, 1.165) is 38.7 Å². The normalized spacial score (nSPS) is 21.3. The van der Waals surface area contributed by atoms with Crippen LogP contribution >= 0.6 is 0 Å². The Morgan fingerprint density at radius 2 is 2.07 bits per heavy atom. The summed E-state index contributed by atoms with van der Waals surface area (Å²) in [5.41, 5.74) is 0.522. The van der Waals surface area contributed by atoms with Crippen LogP contribution in [0.3, 0.4) is 0 Å². The van der Waals surface area contributed by atoms with Crippen LogP contribution in [-0.4, -0.2) is 52.5 Å². The molecule has 2 aromatic rings. The molecule has 6 nitrogen and oxygen atoms in total. The number of carbonyl (C=O) groups excluding carboxylic acids is 1. The maximum Gasteiger partial charge on any atom is 0.257 e. The molecule has 29 heavy (non-hydrogen) atoms. The van der Waals surface area contributed by atoms with E-state index in [9.17, 15) is 9.18 Å². The molecular formula is C22H28FN3O3. The smallest absolute Gasteiger partial charge is 0.257 e. The molecule has 0 aliphatic carbocycles. The van der Waals surface area contributed by atoms with Gasteiger partial charge in [0.25, 0.3) is 5.91 Å². The van der Waals surface area contributed by atoms with Crippen molar-refractivity contribution >= 4 is 5.91 Å². The molecule has 1 spiro atoms. The van der Waals surface area contributed by atoms with Crippen molar-refractivity contribution in [3.8, 4) is 5.75 Å². The molecule has 0 bridgehead atoms. The number of amides is 1. The summed E-state index contributed by atoms with van der Waals surface area (Å²) in [7, 11) is 1.82. The van der Waals surface area contributed by atoms with E-state index in [1.54, 1.807) is 29.2 Å². The van der Waals surface area contributed by atoms with Gasteiger partial charge in [-0.15, -0.1) is 0 Å². The molecule has 156 valence electrons. The molecule has 4 rings (SSSR count). The van der Waals surface area contributed by atoms with Gasteiger partial charge in [0.2, 0.25) is 0 Å². The number of likely N-dealkylation sites (tertiary alicyclic amines) is 1. The summed E-state index contributed by atoms with van der Waals surface area (Å²) < 4.78 is 26.6. The van der Waals surface area contributed by atoms with E-state index in [2.05, 4.69) is 5.10 Å². The number of hydrogen-bond donors (Lipinski definition) is 0. The average molecular weight is 401 g/mol. The average Bonchev–Trinajstić information content (AvgIpc) is 3.16. The second-order valence-electron chi connectivity index (χ2n) is 8.18. The number of piperidine rings is 1. The largest absolute Gasteiger partial charge is 0.494 e. The first-order valence-electron chi connectivity index (χ1n) is 10.3. The van der Waals surface area contributed by atoms with Crippen LogP contribution in [-0.2, 0) is 11.8 Å². The second-order valence-corrected chi connectivity index (χ2v) is 8.18. The molecule has 3 heterocycles. The number of aromatic nitrogens is 2. The molecule has 2 saturated heterocycles. The predicted molar refractivity (Wildman–Crippen MR) is 106 cm³/mol. The number of ether oxygens (including phenoxy) is 2. The van der Waals surface area contributed by atoms with Gasteiger partial charge in [-0.05, 0) is 62.3 Å². The summed E-state index contributed by atoms with van der Waals surface area (Å²) in [4.78, 5) is 14.5. The van der Waals surface area contributed by atoms with Gasteiger partial charge in [-0.25, -0.2) is 4.39 Å². The SMILES string of the molecule is Cn1cc(C(=O)N2CCC3(CC2)CC(CCOc2ccc(F)cc2)CCO3)cn1. The minimum absolute atomic E-state index is 0.0491. The summed E-state index contributed by atoms with van der Waals surface area (Å²) in [6.07, 6.45) is 8.13. The van der Waals surface area contributed by atoms with Crippen LogP contribution in [0.25, 0.3) is 0 Å². The fourth-order valence-corrected chi connectivity index (χ4v) is 4.43. The van der Waals surface area contributed by atoms with Gasteiger partial charge in [0.1, 0.15) is 11.6 Å². The third kappa shape index (κ3) is 4.78. The van der Waals surface area contributed by atoms with E-state index in [0.29, 0.717) is 36.9 Å². The summed E-state index contributed by atoms with van der Waals surface area (Å²) in [5, 5.41) is 4.09. The van der Waals surface area contributed by atoms with Crippen molar-refractivity contribution in [3.63, 3.8) is 0 Å². The van der Waals surface area contributed by atoms with Crippen molar-refractivity contribution < 1.29 is 18.7 Å². The Hall–Kier alpha value is -2.41. The Labute approximate surface area is 170 Å². The van der Waals surface area contributed by atoms with Gasteiger partial charge in [-0.3, -0.25) is 9.48 Å². The van der Waals surface area contributed by atoms with Crippen LogP contribution in [0.2, 0.25) is 0 Å². The first-order chi connectivity index (χ1) is 14.0. The molecule has 2 aliphatic heterocycles. The summed E-state index contributed by atoms with van der Waals surface area (Å²) in [6.45, 7) is 2.81. The van der Waals surface area contributed by atoms with E-state index >= 15 is 0 Å². The highest BCUT2D eigenvalue weighted by molar-refractivity contribution is 5.93. The Morgan fingerprint density at radius 1 is 1.31 bits per heavy atom. The Morgan fingerprint density at radius 3 is 2.76 bits per heavy atom. The van der Waals surface area contributed by atoms with Crippen molar-refractivity contribution in [2.45, 2.75) is 37.7 Å². The van der Waals surface area contributed by atoms with Crippen LogP contribution in [0.4, 0.5) is 4.39 Å². The molecule has 0 radical (unpaired) electrons. The van der Waals surface area contributed by atoms with Crippen molar-refractivity contribution in [1.29, 1.82) is 0 Å². The van der Waals surface area contributed by atoms with Gasteiger partial charge in [0.05, 0.1) is 24.0 Å². The fourth-order valence-electron chi connectivity index (χ4n) is 4.43. The number of hydrogen-bond acceptors (Lipinski definition) is 4. The fraction of sp³-hybridized carbons (Fsp3) is 0.545. The van der Waals surface area contributed by atoms with Gasteiger partial charge in [-0.1, -0.05) is 0 Å². The van der Waals surface area contributed by atoms with Gasteiger partial charge in [0, 0.05) is 32.9 Å². The highest BCUT2D eigenvalue weighted by Gasteiger charge is 2.41. The number of nitrogens with zero attached hydrogens (tertiary/aromatic N) is 3. The molecular weight excluding hydrogens is 373 g/mol. The standard InChI is InChI=1S/C22H28FN3O3/c1-25-16-18(15-24-25)21(27)26-10-8-22(9-11-26)14-17(7-13-29-22)6-12-28-20-4-2-19(23)3-5-20/h2-5,15-17H,6-14H2,1H3. The third-order valence-corrected chi connectivity index (χ3v) is 6.12. The first kappa shape index (κ1) is 19.9. The van der Waals surface area contributed by atoms with Gasteiger partial charge in [-0.2, -0.15) is 5.10 Å². The molecule has 1 aromatic heterocycles. The van der Waals surface area contributed by atoms with Crippen LogP contribution in [0.5, 0.6) is 5.75 Å². The zero-order valence-electron chi connectivity index (χ0n) is 16.8. The van der Waals surface area contributed by atoms with E-state index in [1.807, 2.05) is 11.9 Å². The summed E-state index contributed by atoms with van der Waals surface area (Å²) in [5.74, 6) is 1.05. The van der Waals surface area contributed by atoms with Crippen LogP contribution in [0.15, 0.2) is 36.7 Å². The maximum atomic E-state index is 13.0. The molecule has 1 amide bonds. The van der Waals surface area contributed by atoms with Crippen molar-refractivity contribution in [3.05, 3.63) is 48.0 Å². The number of benzene rings is 1. The number of aryl methyl sites for hydroxylation is 1. The predicted octanol–water partition coefficient (Wildman–Crippen LogP) is 3.43. The highest BCUT2D eigenvalue weighted by Crippen LogP contribution is 2.39. The molecule has 1 unspecified atom stereocenters. The summed E-state index contributed by atoms with van der Waals surface area (Å²) in [6, 6.07) is 6.16. The van der Waals surface area contributed by atoms with E-state index < -0.39 is 0 Å². The molecule has 2 aliphatic rings. The minimum Gasteiger partial charge on any atom is -0.494 e. The quantitative estimate of drug-likeness (QED) is 0.770. The van der Waals surface area contributed by atoms with Gasteiger partial charge in [0.15, 0.2) is 0 Å². The molecule has 2 fully saturated rings. The molecule has 0 saturated carbocycles. The van der Waals surface area contributed by atoms with Gasteiger partial charge >= 0.3 is 0 Å². The summed E-state index contributed by atoms with van der Waals surface area (Å²) >= 11 is 0. The van der Waals surface area contributed by atoms with Crippen molar-refractivity contribution in [2.24, 2.45) is 13.0 Å². The number of halogens is 1. The second kappa shape index (κ2) is 8.53. The minimum atomic E-state index is -0.253. The van der Waals surface area contributed by atoms with E-state index in [1.165, 1.54) is 12.1 Å². The monoisotopic (exact) mass is 401 g/mol. The zero-order chi connectivity index (χ0) is 20.3. The zero-order valence-corrected chi connectivity index (χ0v) is 16.8. The Kier molecular flexibility index (Phi) is 5.85. The van der Waals surface area contributed by atoms with Crippen LogP contribution in [0, 0.1) is 11.7 Å². The molecule has 1 aromatic carbocycles. The molecule has 0 N–H and O–H groups in total. The lowest BCUT2D eigenvalue weighted by Gasteiger charge is -2.46. The van der Waals surface area contributed by atoms with E-state index in [-0.39, 0.29) is 17.3 Å². The highest BCUT2D eigenvalue weighted by atomic mass is 19.1. The third-order valence-electron chi connectivity index (χ3n) is 6.12. The van der Waals surface area contributed by atoms with Crippen molar-refractivity contribution in [1.82, 2.24) is 14.7 Å². The lowest BCUT2D eigenvalue weighted by molar-refractivity contribution is -0.125. The lowest BCUT2D eigenvalue weighted by Crippen LogP contribution is -2.50. The topological polar surface area (TPSA) is 56.6 Å².